The summed E-state index contributed by atoms with van der Waals surface area (Å²) in [5, 5.41) is 4.04. The van der Waals surface area contributed by atoms with Gasteiger partial charge < -0.3 is 0 Å². The van der Waals surface area contributed by atoms with Gasteiger partial charge in [0.15, 0.2) is 0 Å². The normalized spacial score (nSPS) is 51.0. The number of rotatable bonds is 3. The highest BCUT2D eigenvalue weighted by molar-refractivity contribution is 8.08. The van der Waals surface area contributed by atoms with Gasteiger partial charge >= 0.3 is 0 Å². The fourth-order valence-electron chi connectivity index (χ4n) is 1.39. The van der Waals surface area contributed by atoms with Crippen molar-refractivity contribution < 1.29 is 0 Å². The van der Waals surface area contributed by atoms with Crippen molar-refractivity contribution in [2.24, 2.45) is 0 Å². The van der Waals surface area contributed by atoms with Crippen molar-refractivity contribution in [1.29, 1.82) is 0 Å². The maximum absolute atomic E-state index is 2.35. The Hall–Kier alpha value is 0.700. The maximum atomic E-state index is 2.35. The van der Waals surface area contributed by atoms with E-state index in [1.54, 1.807) is 0 Å². The summed E-state index contributed by atoms with van der Waals surface area (Å²) in [5.74, 6) is 0. The SMILES string of the molecule is CC1SC1CCC1SC1C. The Bertz CT molecular complexity index is 119. The molecule has 10 heavy (non-hydrogen) atoms. The van der Waals surface area contributed by atoms with Gasteiger partial charge in [-0.25, -0.2) is 0 Å². The third-order valence-corrected chi connectivity index (χ3v) is 5.28. The van der Waals surface area contributed by atoms with Gasteiger partial charge in [-0.05, 0) is 12.8 Å². The lowest BCUT2D eigenvalue weighted by Gasteiger charge is -1.92. The first kappa shape index (κ1) is 7.35. The molecule has 0 nitrogen and oxygen atoms in total. The summed E-state index contributed by atoms with van der Waals surface area (Å²) in [5.41, 5.74) is 0. The fourth-order valence-corrected chi connectivity index (χ4v) is 3.13. The topological polar surface area (TPSA) is 0 Å². The molecule has 0 spiro atoms. The number of hydrogen-bond acceptors (Lipinski definition) is 2. The molecule has 0 N–H and O–H groups in total. The van der Waals surface area contributed by atoms with Gasteiger partial charge in [-0.15, -0.1) is 0 Å². The Balaban J connectivity index is 1.57. The van der Waals surface area contributed by atoms with Gasteiger partial charge in [-0.3, -0.25) is 0 Å². The Morgan fingerprint density at radius 1 is 0.900 bits per heavy atom. The molecule has 2 rings (SSSR count). The summed E-state index contributed by atoms with van der Waals surface area (Å²) in [4.78, 5) is 0. The van der Waals surface area contributed by atoms with E-state index in [0.717, 1.165) is 21.0 Å². The van der Waals surface area contributed by atoms with E-state index in [1.807, 2.05) is 0 Å². The van der Waals surface area contributed by atoms with E-state index in [1.165, 1.54) is 12.8 Å². The van der Waals surface area contributed by atoms with Crippen LogP contribution < -0.4 is 0 Å². The largest absolute Gasteiger partial charge is 0.153 e. The van der Waals surface area contributed by atoms with Gasteiger partial charge in [-0.2, -0.15) is 23.5 Å². The fraction of sp³-hybridized carbons (Fsp3) is 1.00. The second-order valence-corrected chi connectivity index (χ2v) is 6.58. The van der Waals surface area contributed by atoms with Gasteiger partial charge in [-0.1, -0.05) is 13.8 Å². The summed E-state index contributed by atoms with van der Waals surface area (Å²) >= 11 is 4.31. The van der Waals surface area contributed by atoms with Gasteiger partial charge in [0.2, 0.25) is 0 Å². The van der Waals surface area contributed by atoms with Gasteiger partial charge in [0.1, 0.15) is 0 Å². The summed E-state index contributed by atoms with van der Waals surface area (Å²) in [6.07, 6.45) is 2.96. The van der Waals surface area contributed by atoms with Crippen LogP contribution in [0, 0.1) is 0 Å². The third kappa shape index (κ3) is 1.65. The summed E-state index contributed by atoms with van der Waals surface area (Å²) in [6, 6.07) is 0. The molecule has 2 aliphatic rings. The first-order valence-corrected chi connectivity index (χ1v) is 5.97. The monoisotopic (exact) mass is 174 g/mol. The van der Waals surface area contributed by atoms with Crippen molar-refractivity contribution in [1.82, 2.24) is 0 Å². The predicted molar refractivity (Wildman–Crippen MR) is 50.9 cm³/mol. The zero-order valence-electron chi connectivity index (χ0n) is 6.54. The second kappa shape index (κ2) is 2.63. The highest BCUT2D eigenvalue weighted by Gasteiger charge is 2.38. The molecule has 4 atom stereocenters. The van der Waals surface area contributed by atoms with E-state index in [-0.39, 0.29) is 0 Å². The molecule has 2 aliphatic heterocycles. The van der Waals surface area contributed by atoms with Crippen molar-refractivity contribution in [2.75, 3.05) is 0 Å². The highest BCUT2D eigenvalue weighted by atomic mass is 32.2. The molecule has 2 fully saturated rings. The molecular formula is C8H14S2. The first-order valence-electron chi connectivity index (χ1n) is 4.08. The molecule has 0 aliphatic carbocycles. The first-order chi connectivity index (χ1) is 4.77. The average molecular weight is 174 g/mol. The smallest absolute Gasteiger partial charge is 0.0167 e. The van der Waals surface area contributed by atoms with Crippen molar-refractivity contribution in [2.45, 2.75) is 47.7 Å². The Morgan fingerprint density at radius 2 is 1.20 bits per heavy atom. The minimum absolute atomic E-state index is 0.985. The maximum Gasteiger partial charge on any atom is 0.0167 e. The Kier molecular flexibility index (Phi) is 1.94. The van der Waals surface area contributed by atoms with E-state index in [4.69, 9.17) is 0 Å². The van der Waals surface area contributed by atoms with Gasteiger partial charge in [0.05, 0.1) is 0 Å². The molecular weight excluding hydrogens is 160 g/mol. The number of hydrogen-bond donors (Lipinski definition) is 0. The van der Waals surface area contributed by atoms with E-state index >= 15 is 0 Å². The van der Waals surface area contributed by atoms with Crippen LogP contribution in [0.2, 0.25) is 0 Å². The molecule has 2 saturated heterocycles. The molecule has 0 bridgehead atoms. The van der Waals surface area contributed by atoms with Gasteiger partial charge in [0.25, 0.3) is 0 Å². The van der Waals surface area contributed by atoms with E-state index in [2.05, 4.69) is 37.4 Å². The molecule has 2 heterocycles. The Labute approximate surface area is 71.5 Å². The quantitative estimate of drug-likeness (QED) is 0.603. The molecule has 0 aromatic rings. The van der Waals surface area contributed by atoms with Crippen molar-refractivity contribution in [3.8, 4) is 0 Å². The van der Waals surface area contributed by atoms with Crippen LogP contribution in [0.15, 0.2) is 0 Å². The minimum Gasteiger partial charge on any atom is -0.153 e. The summed E-state index contributed by atoms with van der Waals surface area (Å²) < 4.78 is 0. The van der Waals surface area contributed by atoms with Crippen molar-refractivity contribution in [3.05, 3.63) is 0 Å². The summed E-state index contributed by atoms with van der Waals surface area (Å²) in [7, 11) is 0. The molecule has 0 radical (unpaired) electrons. The lowest BCUT2D eigenvalue weighted by Crippen LogP contribution is -1.94. The standard InChI is InChI=1S/C8H14S2/c1-5-7(9-5)3-4-8-6(2)10-8/h5-8H,3-4H2,1-2H3. The van der Waals surface area contributed by atoms with Crippen LogP contribution in [0.5, 0.6) is 0 Å². The predicted octanol–water partition coefficient (Wildman–Crippen LogP) is 2.77. The van der Waals surface area contributed by atoms with Crippen LogP contribution >= 0.6 is 23.5 Å². The van der Waals surface area contributed by atoms with Crippen molar-refractivity contribution in [3.63, 3.8) is 0 Å². The molecule has 0 aromatic heterocycles. The third-order valence-electron chi connectivity index (χ3n) is 2.41. The van der Waals surface area contributed by atoms with Crippen LogP contribution in [-0.4, -0.2) is 21.0 Å². The molecule has 0 aromatic carbocycles. The molecule has 0 saturated carbocycles. The Morgan fingerprint density at radius 3 is 1.40 bits per heavy atom. The van der Waals surface area contributed by atoms with E-state index in [9.17, 15) is 0 Å². The van der Waals surface area contributed by atoms with Crippen LogP contribution in [-0.2, 0) is 0 Å². The molecule has 4 unspecified atom stereocenters. The molecule has 58 valence electrons. The highest BCUT2D eigenvalue weighted by Crippen LogP contribution is 2.49. The van der Waals surface area contributed by atoms with Crippen molar-refractivity contribution >= 4 is 23.5 Å². The van der Waals surface area contributed by atoms with Crippen LogP contribution in [0.25, 0.3) is 0 Å². The zero-order chi connectivity index (χ0) is 7.14. The zero-order valence-corrected chi connectivity index (χ0v) is 8.17. The average Bonchev–Trinajstić information content (AvgIpc) is 2.71. The van der Waals surface area contributed by atoms with Crippen LogP contribution in [0.1, 0.15) is 26.7 Å². The molecule has 2 heteroatoms. The van der Waals surface area contributed by atoms with Crippen LogP contribution in [0.4, 0.5) is 0 Å². The van der Waals surface area contributed by atoms with Crippen LogP contribution in [0.3, 0.4) is 0 Å². The summed E-state index contributed by atoms with van der Waals surface area (Å²) in [6.45, 7) is 4.69. The van der Waals surface area contributed by atoms with Gasteiger partial charge in [0, 0.05) is 21.0 Å². The molecule has 0 amide bonds. The van der Waals surface area contributed by atoms with E-state index in [0.29, 0.717) is 0 Å². The lowest BCUT2D eigenvalue weighted by atomic mass is 10.1. The minimum atomic E-state index is 0.985. The lowest BCUT2D eigenvalue weighted by molar-refractivity contribution is 0.730. The second-order valence-electron chi connectivity index (χ2n) is 3.34. The number of thioether (sulfide) groups is 2. The van der Waals surface area contributed by atoms with E-state index < -0.39 is 0 Å².